The topological polar surface area (TPSA) is 60.1 Å². The highest BCUT2D eigenvalue weighted by molar-refractivity contribution is 5.88. The number of aromatic nitrogens is 3. The molecule has 102 valence electrons. The van der Waals surface area contributed by atoms with Crippen LogP contribution in [0, 0.1) is 6.92 Å². The highest BCUT2D eigenvalue weighted by atomic mass is 16.4. The summed E-state index contributed by atoms with van der Waals surface area (Å²) in [5.41, 5.74) is 3.15. The first-order valence-electron chi connectivity index (χ1n) is 6.37. The lowest BCUT2D eigenvalue weighted by Crippen LogP contribution is -2.10. The molecule has 2 heterocycles. The van der Waals surface area contributed by atoms with Crippen LogP contribution in [0.4, 0.5) is 0 Å². The molecule has 0 aliphatic carbocycles. The van der Waals surface area contributed by atoms with E-state index in [-0.39, 0.29) is 5.56 Å². The van der Waals surface area contributed by atoms with Crippen molar-refractivity contribution in [2.45, 2.75) is 13.5 Å². The van der Waals surface area contributed by atoms with Crippen LogP contribution in [-0.4, -0.2) is 25.4 Å². The van der Waals surface area contributed by atoms with Gasteiger partial charge < -0.3 is 9.67 Å². The van der Waals surface area contributed by atoms with Gasteiger partial charge in [-0.1, -0.05) is 18.2 Å². The largest absolute Gasteiger partial charge is 0.478 e. The van der Waals surface area contributed by atoms with Crippen LogP contribution in [0.1, 0.15) is 21.7 Å². The second-order valence-corrected chi connectivity index (χ2v) is 4.86. The van der Waals surface area contributed by atoms with E-state index in [0.717, 1.165) is 16.6 Å². The summed E-state index contributed by atoms with van der Waals surface area (Å²) in [5.74, 6) is -0.942. The molecule has 0 fully saturated rings. The Morgan fingerprint density at radius 1 is 1.35 bits per heavy atom. The van der Waals surface area contributed by atoms with Gasteiger partial charge in [0.05, 0.1) is 18.4 Å². The molecule has 3 rings (SSSR count). The molecule has 1 N–H and O–H groups in total. The molecule has 0 aliphatic heterocycles. The maximum Gasteiger partial charge on any atom is 0.339 e. The third-order valence-corrected chi connectivity index (χ3v) is 3.62. The summed E-state index contributed by atoms with van der Waals surface area (Å²) in [6, 6.07) is 10.2. The van der Waals surface area contributed by atoms with Crippen LogP contribution in [0.2, 0.25) is 0 Å². The summed E-state index contributed by atoms with van der Waals surface area (Å²) in [6.45, 7) is 2.52. The second-order valence-electron chi connectivity index (χ2n) is 4.86. The number of aryl methyl sites for hydroxylation is 2. The molecule has 0 spiro atoms. The molecule has 0 amide bonds. The molecular weight excluding hydrogens is 254 g/mol. The highest BCUT2D eigenvalue weighted by Crippen LogP contribution is 2.21. The van der Waals surface area contributed by atoms with Crippen LogP contribution in [0.25, 0.3) is 10.9 Å². The normalized spacial score (nSPS) is 11.1. The molecule has 0 bridgehead atoms. The standard InChI is InChI=1S/C15H15N3O2/c1-10-7-11-5-3-4-6-13(11)18(10)9-14-12(15(19)20)8-16-17(14)2/h3-8H,9H2,1-2H3,(H,19,20). The van der Waals surface area contributed by atoms with Crippen molar-refractivity contribution in [1.29, 1.82) is 0 Å². The van der Waals surface area contributed by atoms with Crippen LogP contribution in [0.5, 0.6) is 0 Å². The summed E-state index contributed by atoms with van der Waals surface area (Å²) in [6.07, 6.45) is 1.40. The zero-order valence-electron chi connectivity index (χ0n) is 11.4. The molecule has 20 heavy (non-hydrogen) atoms. The van der Waals surface area contributed by atoms with Crippen molar-refractivity contribution in [3.8, 4) is 0 Å². The fourth-order valence-electron chi connectivity index (χ4n) is 2.54. The third-order valence-electron chi connectivity index (χ3n) is 3.62. The van der Waals surface area contributed by atoms with Crippen molar-refractivity contribution in [1.82, 2.24) is 14.3 Å². The van der Waals surface area contributed by atoms with Gasteiger partial charge in [-0.15, -0.1) is 0 Å². The summed E-state index contributed by atoms with van der Waals surface area (Å²) >= 11 is 0. The van der Waals surface area contributed by atoms with Gasteiger partial charge in [-0.25, -0.2) is 4.79 Å². The fourth-order valence-corrected chi connectivity index (χ4v) is 2.54. The predicted molar refractivity (Wildman–Crippen MR) is 75.9 cm³/mol. The predicted octanol–water partition coefficient (Wildman–Crippen LogP) is 2.43. The number of carboxylic acids is 1. The lowest BCUT2D eigenvalue weighted by Gasteiger charge is -2.10. The number of carbonyl (C=O) groups is 1. The molecule has 0 saturated carbocycles. The number of fused-ring (bicyclic) bond motifs is 1. The molecule has 0 unspecified atom stereocenters. The highest BCUT2D eigenvalue weighted by Gasteiger charge is 2.16. The van der Waals surface area contributed by atoms with Crippen LogP contribution < -0.4 is 0 Å². The average Bonchev–Trinajstić information content (AvgIpc) is 2.92. The van der Waals surface area contributed by atoms with Gasteiger partial charge in [-0.2, -0.15) is 5.10 Å². The number of benzene rings is 1. The van der Waals surface area contributed by atoms with Crippen molar-refractivity contribution in [2.24, 2.45) is 7.05 Å². The van der Waals surface area contributed by atoms with Gasteiger partial charge in [0, 0.05) is 18.3 Å². The number of rotatable bonds is 3. The second kappa shape index (κ2) is 4.52. The number of carboxylic acid groups (broad SMARTS) is 1. The fraction of sp³-hybridized carbons (Fsp3) is 0.200. The van der Waals surface area contributed by atoms with Gasteiger partial charge in [0.2, 0.25) is 0 Å². The van der Waals surface area contributed by atoms with E-state index >= 15 is 0 Å². The molecule has 0 radical (unpaired) electrons. The van der Waals surface area contributed by atoms with Gasteiger partial charge in [0.25, 0.3) is 0 Å². The average molecular weight is 269 g/mol. The minimum Gasteiger partial charge on any atom is -0.478 e. The lowest BCUT2D eigenvalue weighted by molar-refractivity contribution is 0.0695. The zero-order valence-corrected chi connectivity index (χ0v) is 11.4. The SMILES string of the molecule is Cc1cc2ccccc2n1Cc1c(C(=O)O)cnn1C. The lowest BCUT2D eigenvalue weighted by atomic mass is 10.2. The number of aromatic carboxylic acids is 1. The van der Waals surface area contributed by atoms with Crippen molar-refractivity contribution >= 4 is 16.9 Å². The van der Waals surface area contributed by atoms with Crippen molar-refractivity contribution in [3.05, 3.63) is 53.5 Å². The van der Waals surface area contributed by atoms with E-state index in [4.69, 9.17) is 0 Å². The Kier molecular flexibility index (Phi) is 2.82. The number of hydrogen-bond donors (Lipinski definition) is 1. The molecule has 5 nitrogen and oxygen atoms in total. The first kappa shape index (κ1) is 12.5. The zero-order chi connectivity index (χ0) is 14.3. The van der Waals surface area contributed by atoms with Gasteiger partial charge in [0.15, 0.2) is 0 Å². The van der Waals surface area contributed by atoms with E-state index in [0.29, 0.717) is 12.2 Å². The minimum atomic E-state index is -0.942. The third kappa shape index (κ3) is 1.87. The Morgan fingerprint density at radius 2 is 2.10 bits per heavy atom. The molecule has 0 aliphatic rings. The summed E-state index contributed by atoms with van der Waals surface area (Å²) < 4.78 is 3.73. The van der Waals surface area contributed by atoms with Crippen LogP contribution in [-0.2, 0) is 13.6 Å². The van der Waals surface area contributed by atoms with Crippen molar-refractivity contribution in [2.75, 3.05) is 0 Å². The van der Waals surface area contributed by atoms with E-state index in [1.54, 1.807) is 11.7 Å². The molecule has 5 heteroatoms. The molecule has 0 atom stereocenters. The van der Waals surface area contributed by atoms with Crippen molar-refractivity contribution < 1.29 is 9.90 Å². The van der Waals surface area contributed by atoms with E-state index < -0.39 is 5.97 Å². The first-order chi connectivity index (χ1) is 9.58. The van der Waals surface area contributed by atoms with Crippen LogP contribution in [0.15, 0.2) is 36.5 Å². The summed E-state index contributed by atoms with van der Waals surface area (Å²) in [7, 11) is 1.77. The Hall–Kier alpha value is -2.56. The monoisotopic (exact) mass is 269 g/mol. The minimum absolute atomic E-state index is 0.254. The Balaban J connectivity index is 2.12. The summed E-state index contributed by atoms with van der Waals surface area (Å²) in [4.78, 5) is 11.2. The maximum absolute atomic E-state index is 11.2. The Bertz CT molecular complexity index is 799. The van der Waals surface area contributed by atoms with E-state index in [9.17, 15) is 9.90 Å². The number of nitrogens with zero attached hydrogens (tertiary/aromatic N) is 3. The first-order valence-corrected chi connectivity index (χ1v) is 6.37. The van der Waals surface area contributed by atoms with Crippen LogP contribution >= 0.6 is 0 Å². The molecule has 0 saturated heterocycles. The molecule has 1 aromatic carbocycles. The van der Waals surface area contributed by atoms with Crippen molar-refractivity contribution in [3.63, 3.8) is 0 Å². The Morgan fingerprint density at radius 3 is 2.85 bits per heavy atom. The van der Waals surface area contributed by atoms with E-state index in [1.807, 2.05) is 25.1 Å². The van der Waals surface area contributed by atoms with Gasteiger partial charge in [-0.3, -0.25) is 4.68 Å². The quantitative estimate of drug-likeness (QED) is 0.794. The molecular formula is C15H15N3O2. The molecule has 2 aromatic heterocycles. The van der Waals surface area contributed by atoms with Gasteiger partial charge in [-0.05, 0) is 24.4 Å². The molecule has 3 aromatic rings. The van der Waals surface area contributed by atoms with Gasteiger partial charge in [0.1, 0.15) is 5.56 Å². The van der Waals surface area contributed by atoms with Gasteiger partial charge >= 0.3 is 5.97 Å². The Labute approximate surface area is 116 Å². The summed E-state index contributed by atoms with van der Waals surface area (Å²) in [5, 5.41) is 14.4. The number of hydrogen-bond acceptors (Lipinski definition) is 2. The van der Waals surface area contributed by atoms with Crippen LogP contribution in [0.3, 0.4) is 0 Å². The number of para-hydroxylation sites is 1. The van der Waals surface area contributed by atoms with E-state index in [2.05, 4.69) is 21.8 Å². The van der Waals surface area contributed by atoms with E-state index in [1.165, 1.54) is 6.20 Å². The maximum atomic E-state index is 11.2. The smallest absolute Gasteiger partial charge is 0.339 e.